The van der Waals surface area contributed by atoms with Crippen LogP contribution in [-0.4, -0.2) is 0 Å². The topological polar surface area (TPSA) is 26.0 Å². The van der Waals surface area contributed by atoms with Gasteiger partial charge in [0, 0.05) is 6.04 Å². The first kappa shape index (κ1) is 10.0. The van der Waals surface area contributed by atoms with Gasteiger partial charge in [0.1, 0.15) is 0 Å². The molecule has 0 aliphatic heterocycles. The molecule has 1 aromatic carbocycles. The van der Waals surface area contributed by atoms with Crippen LogP contribution in [0.1, 0.15) is 31.0 Å². The highest BCUT2D eigenvalue weighted by Gasteiger charge is 2.08. The van der Waals surface area contributed by atoms with Gasteiger partial charge in [-0.25, -0.2) is 0 Å². The summed E-state index contributed by atoms with van der Waals surface area (Å²) in [4.78, 5) is 0. The lowest BCUT2D eigenvalue weighted by atomic mass is 9.96. The fraction of sp³-hybridized carbons (Fsp3) is 0.333. The zero-order valence-corrected chi connectivity index (χ0v) is 8.33. The summed E-state index contributed by atoms with van der Waals surface area (Å²) in [7, 11) is 0. The molecule has 1 rings (SSSR count). The molecule has 1 atom stereocenters. The van der Waals surface area contributed by atoms with Gasteiger partial charge in [0.05, 0.1) is 0 Å². The molecule has 1 heteroatoms. The molecule has 0 heterocycles. The van der Waals surface area contributed by atoms with Crippen molar-refractivity contribution < 1.29 is 0 Å². The number of hydrogen-bond donors (Lipinski definition) is 1. The lowest BCUT2D eigenvalue weighted by Gasteiger charge is -2.15. The average molecular weight is 175 g/mol. The van der Waals surface area contributed by atoms with Gasteiger partial charge >= 0.3 is 0 Å². The van der Waals surface area contributed by atoms with Crippen LogP contribution < -0.4 is 5.73 Å². The summed E-state index contributed by atoms with van der Waals surface area (Å²) < 4.78 is 0. The van der Waals surface area contributed by atoms with Gasteiger partial charge in [-0.15, -0.1) is 0 Å². The van der Waals surface area contributed by atoms with Crippen LogP contribution in [0.25, 0.3) is 6.08 Å². The van der Waals surface area contributed by atoms with Crippen LogP contribution >= 0.6 is 0 Å². The first-order valence-electron chi connectivity index (χ1n) is 4.63. The lowest BCUT2D eigenvalue weighted by Crippen LogP contribution is -2.16. The number of rotatable bonds is 3. The molecule has 0 aliphatic carbocycles. The standard InChI is InChI=1S/C12H17N/c1-4-10-5-7-11(8-6-10)12(13)9(2)3/h4-9,12H,1,13H2,2-3H3. The summed E-state index contributed by atoms with van der Waals surface area (Å²) in [6.45, 7) is 7.97. The van der Waals surface area contributed by atoms with Crippen molar-refractivity contribution in [2.45, 2.75) is 19.9 Å². The highest BCUT2D eigenvalue weighted by Crippen LogP contribution is 2.19. The highest BCUT2D eigenvalue weighted by atomic mass is 14.6. The Bertz CT molecular complexity index is 272. The quantitative estimate of drug-likeness (QED) is 0.751. The van der Waals surface area contributed by atoms with Gasteiger partial charge in [0.25, 0.3) is 0 Å². The van der Waals surface area contributed by atoms with Crippen molar-refractivity contribution in [2.24, 2.45) is 11.7 Å². The Morgan fingerprint density at radius 2 is 1.77 bits per heavy atom. The number of nitrogens with two attached hydrogens (primary N) is 1. The smallest absolute Gasteiger partial charge is 0.0318 e. The fourth-order valence-corrected chi connectivity index (χ4v) is 1.24. The first-order valence-corrected chi connectivity index (χ1v) is 4.63. The van der Waals surface area contributed by atoms with Crippen LogP contribution in [-0.2, 0) is 0 Å². The molecule has 0 radical (unpaired) electrons. The second-order valence-electron chi connectivity index (χ2n) is 3.64. The van der Waals surface area contributed by atoms with E-state index in [2.05, 4.69) is 32.6 Å². The predicted octanol–water partition coefficient (Wildman–Crippen LogP) is 2.99. The van der Waals surface area contributed by atoms with E-state index in [0.717, 1.165) is 5.56 Å². The van der Waals surface area contributed by atoms with E-state index in [1.54, 1.807) is 0 Å². The van der Waals surface area contributed by atoms with E-state index in [4.69, 9.17) is 5.73 Å². The van der Waals surface area contributed by atoms with Gasteiger partial charge in [-0.1, -0.05) is 50.8 Å². The minimum atomic E-state index is 0.138. The molecule has 1 nitrogen and oxygen atoms in total. The molecule has 0 saturated carbocycles. The molecule has 70 valence electrons. The Labute approximate surface area is 80.3 Å². The Kier molecular flexibility index (Phi) is 3.26. The van der Waals surface area contributed by atoms with Crippen molar-refractivity contribution in [1.29, 1.82) is 0 Å². The zero-order chi connectivity index (χ0) is 9.84. The summed E-state index contributed by atoms with van der Waals surface area (Å²) in [5, 5.41) is 0. The molecule has 0 fully saturated rings. The Balaban J connectivity index is 2.85. The zero-order valence-electron chi connectivity index (χ0n) is 8.33. The maximum atomic E-state index is 6.00. The van der Waals surface area contributed by atoms with Crippen molar-refractivity contribution in [3.05, 3.63) is 42.0 Å². The monoisotopic (exact) mass is 175 g/mol. The van der Waals surface area contributed by atoms with Crippen molar-refractivity contribution >= 4 is 6.08 Å². The number of hydrogen-bond acceptors (Lipinski definition) is 1. The average Bonchev–Trinajstić information content (AvgIpc) is 2.17. The fourth-order valence-electron chi connectivity index (χ4n) is 1.24. The van der Waals surface area contributed by atoms with Crippen molar-refractivity contribution in [1.82, 2.24) is 0 Å². The van der Waals surface area contributed by atoms with Gasteiger partial charge in [0.15, 0.2) is 0 Å². The van der Waals surface area contributed by atoms with Gasteiger partial charge in [0.2, 0.25) is 0 Å². The molecule has 0 saturated heterocycles. The highest BCUT2D eigenvalue weighted by molar-refractivity contribution is 5.47. The normalized spacial score (nSPS) is 12.9. The third-order valence-corrected chi connectivity index (χ3v) is 2.28. The van der Waals surface area contributed by atoms with E-state index in [0.29, 0.717) is 5.92 Å². The molecule has 0 aliphatic rings. The summed E-state index contributed by atoms with van der Waals surface area (Å²) in [5.74, 6) is 0.481. The molecule has 2 N–H and O–H groups in total. The van der Waals surface area contributed by atoms with Gasteiger partial charge in [-0.3, -0.25) is 0 Å². The SMILES string of the molecule is C=Cc1ccc(C(N)C(C)C)cc1. The van der Waals surface area contributed by atoms with Crippen LogP contribution in [0.4, 0.5) is 0 Å². The summed E-state index contributed by atoms with van der Waals surface area (Å²) in [5.41, 5.74) is 8.34. The Morgan fingerprint density at radius 1 is 1.23 bits per heavy atom. The second-order valence-corrected chi connectivity index (χ2v) is 3.64. The van der Waals surface area contributed by atoms with E-state index < -0.39 is 0 Å². The first-order chi connectivity index (χ1) is 6.15. The minimum Gasteiger partial charge on any atom is -0.324 e. The van der Waals surface area contributed by atoms with E-state index in [-0.39, 0.29) is 6.04 Å². The van der Waals surface area contributed by atoms with Crippen LogP contribution in [0, 0.1) is 5.92 Å². The maximum Gasteiger partial charge on any atom is 0.0318 e. The third-order valence-electron chi connectivity index (χ3n) is 2.28. The molecule has 1 aromatic rings. The van der Waals surface area contributed by atoms with Crippen LogP contribution in [0.2, 0.25) is 0 Å². The van der Waals surface area contributed by atoms with Gasteiger partial charge in [-0.05, 0) is 17.0 Å². The summed E-state index contributed by atoms with van der Waals surface area (Å²) in [6.07, 6.45) is 1.84. The summed E-state index contributed by atoms with van der Waals surface area (Å²) >= 11 is 0. The van der Waals surface area contributed by atoms with Gasteiger partial charge < -0.3 is 5.73 Å². The van der Waals surface area contributed by atoms with Gasteiger partial charge in [-0.2, -0.15) is 0 Å². The van der Waals surface area contributed by atoms with Crippen LogP contribution in [0.15, 0.2) is 30.8 Å². The van der Waals surface area contributed by atoms with E-state index in [1.807, 2.05) is 18.2 Å². The molecule has 0 amide bonds. The minimum absolute atomic E-state index is 0.138. The molecule has 1 unspecified atom stereocenters. The van der Waals surface area contributed by atoms with E-state index >= 15 is 0 Å². The van der Waals surface area contributed by atoms with Crippen LogP contribution in [0.5, 0.6) is 0 Å². The maximum absolute atomic E-state index is 6.00. The third kappa shape index (κ3) is 2.43. The van der Waals surface area contributed by atoms with E-state index in [9.17, 15) is 0 Å². The van der Waals surface area contributed by atoms with Crippen LogP contribution in [0.3, 0.4) is 0 Å². The molecule has 0 bridgehead atoms. The van der Waals surface area contributed by atoms with Crippen molar-refractivity contribution in [3.63, 3.8) is 0 Å². The molecular formula is C12H17N. The second kappa shape index (κ2) is 4.24. The van der Waals surface area contributed by atoms with E-state index in [1.165, 1.54) is 5.56 Å². The molecule has 0 spiro atoms. The lowest BCUT2D eigenvalue weighted by molar-refractivity contribution is 0.514. The Morgan fingerprint density at radius 3 is 2.15 bits per heavy atom. The predicted molar refractivity (Wildman–Crippen MR) is 58.3 cm³/mol. The van der Waals surface area contributed by atoms with Crippen molar-refractivity contribution in [2.75, 3.05) is 0 Å². The Hall–Kier alpha value is -1.08. The number of benzene rings is 1. The molecular weight excluding hydrogens is 158 g/mol. The summed E-state index contributed by atoms with van der Waals surface area (Å²) in [6, 6.07) is 8.37. The molecule has 13 heavy (non-hydrogen) atoms. The molecule has 0 aromatic heterocycles. The largest absolute Gasteiger partial charge is 0.324 e. The van der Waals surface area contributed by atoms with Crippen molar-refractivity contribution in [3.8, 4) is 0 Å².